The number of amides is 1. The lowest BCUT2D eigenvalue weighted by Crippen LogP contribution is -2.74. The molecule has 7 heteroatoms. The van der Waals surface area contributed by atoms with Crippen molar-refractivity contribution in [2.45, 2.75) is 47.4 Å². The normalized spacial score (nSPS) is 39.0. The maximum Gasteiger partial charge on any atom is 0.330 e. The van der Waals surface area contributed by atoms with Crippen molar-refractivity contribution >= 4 is 39.6 Å². The lowest BCUT2D eigenvalue weighted by Gasteiger charge is -2.51. The van der Waals surface area contributed by atoms with Crippen molar-refractivity contribution in [2.24, 2.45) is 0 Å². The molecule has 2 heterocycles. The van der Waals surface area contributed by atoms with Gasteiger partial charge in [-0.2, -0.15) is 0 Å². The summed E-state index contributed by atoms with van der Waals surface area (Å²) in [4.78, 5) is 25.6. The van der Waals surface area contributed by atoms with E-state index in [-0.39, 0.29) is 11.3 Å². The molecule has 2 saturated heterocycles. The van der Waals surface area contributed by atoms with Crippen molar-refractivity contribution in [3.63, 3.8) is 0 Å². The summed E-state index contributed by atoms with van der Waals surface area (Å²) in [5.74, 6) is -0.667. The molecule has 2 aliphatic heterocycles. The number of thioether (sulfide) groups is 1. The number of carbonyl (C=O) groups is 2. The summed E-state index contributed by atoms with van der Waals surface area (Å²) in [6.45, 7) is 5.38. The fourth-order valence-electron chi connectivity index (χ4n) is 2.52. The van der Waals surface area contributed by atoms with Crippen LogP contribution >= 0.6 is 27.7 Å². The summed E-state index contributed by atoms with van der Waals surface area (Å²) in [5.41, 5.74) is 0. The van der Waals surface area contributed by atoms with Gasteiger partial charge in [0.1, 0.15) is 11.4 Å². The van der Waals surface area contributed by atoms with E-state index in [1.165, 1.54) is 23.8 Å². The van der Waals surface area contributed by atoms with E-state index in [0.717, 1.165) is 0 Å². The Labute approximate surface area is 118 Å². The number of esters is 1. The number of rotatable bonds is 2. The van der Waals surface area contributed by atoms with Crippen LogP contribution in [0.25, 0.3) is 0 Å². The molecule has 2 rings (SSSR count). The lowest BCUT2D eigenvalue weighted by molar-refractivity contribution is -0.165. The second-order valence-electron chi connectivity index (χ2n) is 5.16. The van der Waals surface area contributed by atoms with Gasteiger partial charge in [-0.05, 0) is 20.8 Å². The number of methoxy groups -OCH3 is 1. The van der Waals surface area contributed by atoms with Crippen LogP contribution in [0, 0.1) is 0 Å². The van der Waals surface area contributed by atoms with E-state index in [1.54, 1.807) is 6.92 Å². The van der Waals surface area contributed by atoms with Gasteiger partial charge in [0, 0.05) is 4.75 Å². The standard InChI is InChI=1S/C11H16BrNO4S/c1-5(14)11(12)8(16)13-6(7(15)17-4)10(2,3)18-9(11)13/h5-6,9,14H,1-4H3/t5?,6-,9+,11?/m0/s1. The molecule has 0 bridgehead atoms. The Morgan fingerprint density at radius 2 is 2.17 bits per heavy atom. The van der Waals surface area contributed by atoms with Crippen LogP contribution in [0.5, 0.6) is 0 Å². The quantitative estimate of drug-likeness (QED) is 0.457. The molecule has 0 aliphatic carbocycles. The van der Waals surface area contributed by atoms with Gasteiger partial charge in [0.15, 0.2) is 4.32 Å². The highest BCUT2D eigenvalue weighted by Crippen LogP contribution is 2.59. The number of nitrogens with zero attached hydrogens (tertiary/aromatic N) is 1. The summed E-state index contributed by atoms with van der Waals surface area (Å²) >= 11 is 4.85. The van der Waals surface area contributed by atoms with E-state index in [4.69, 9.17) is 4.74 Å². The van der Waals surface area contributed by atoms with E-state index >= 15 is 0 Å². The minimum absolute atomic E-state index is 0.246. The number of fused-ring (bicyclic) bond motifs is 1. The number of β-lactam (4-membered cyclic amide) rings is 1. The molecular formula is C11H16BrNO4S. The molecule has 1 amide bonds. The Balaban J connectivity index is 2.36. The van der Waals surface area contributed by atoms with Crippen LogP contribution in [0.15, 0.2) is 0 Å². The zero-order valence-electron chi connectivity index (χ0n) is 10.6. The highest BCUT2D eigenvalue weighted by atomic mass is 79.9. The van der Waals surface area contributed by atoms with E-state index in [0.29, 0.717) is 0 Å². The van der Waals surface area contributed by atoms with Gasteiger partial charge in [-0.3, -0.25) is 4.79 Å². The fourth-order valence-corrected chi connectivity index (χ4v) is 4.94. The molecule has 4 atom stereocenters. The smallest absolute Gasteiger partial charge is 0.330 e. The third-order valence-electron chi connectivity index (χ3n) is 3.56. The fraction of sp³-hybridized carbons (Fsp3) is 0.818. The molecule has 0 aromatic carbocycles. The number of aliphatic hydroxyl groups excluding tert-OH is 1. The van der Waals surface area contributed by atoms with Gasteiger partial charge in [0.05, 0.1) is 13.2 Å². The number of aliphatic hydroxyl groups is 1. The average molecular weight is 338 g/mol. The van der Waals surface area contributed by atoms with Crippen LogP contribution < -0.4 is 0 Å². The maximum atomic E-state index is 12.2. The number of carbonyl (C=O) groups excluding carboxylic acids is 2. The predicted molar refractivity (Wildman–Crippen MR) is 71.4 cm³/mol. The Morgan fingerprint density at radius 1 is 1.61 bits per heavy atom. The molecule has 2 aliphatic rings. The van der Waals surface area contributed by atoms with E-state index in [9.17, 15) is 14.7 Å². The monoisotopic (exact) mass is 337 g/mol. The van der Waals surface area contributed by atoms with Crippen molar-refractivity contribution in [3.8, 4) is 0 Å². The third kappa shape index (κ3) is 1.56. The largest absolute Gasteiger partial charge is 0.467 e. The Morgan fingerprint density at radius 3 is 2.61 bits per heavy atom. The number of ether oxygens (including phenoxy) is 1. The first-order chi connectivity index (χ1) is 8.17. The van der Waals surface area contributed by atoms with Gasteiger partial charge in [0.2, 0.25) is 5.91 Å². The Kier molecular flexibility index (Phi) is 3.23. The Hall–Kier alpha value is -0.270. The van der Waals surface area contributed by atoms with Crippen molar-refractivity contribution < 1.29 is 19.4 Å². The summed E-state index contributed by atoms with van der Waals surface area (Å²) in [6, 6.07) is -0.602. The number of hydrogen-bond donors (Lipinski definition) is 1. The zero-order valence-corrected chi connectivity index (χ0v) is 13.0. The van der Waals surface area contributed by atoms with Gasteiger partial charge in [-0.15, -0.1) is 11.8 Å². The summed E-state index contributed by atoms with van der Waals surface area (Å²) < 4.78 is 3.35. The van der Waals surface area contributed by atoms with Crippen LogP contribution in [0.4, 0.5) is 0 Å². The molecule has 0 saturated carbocycles. The number of hydrogen-bond acceptors (Lipinski definition) is 5. The molecule has 2 fully saturated rings. The van der Waals surface area contributed by atoms with Gasteiger partial charge in [-0.1, -0.05) is 15.9 Å². The van der Waals surface area contributed by atoms with E-state index in [1.807, 2.05) is 13.8 Å². The first-order valence-corrected chi connectivity index (χ1v) is 7.30. The molecule has 5 nitrogen and oxygen atoms in total. The molecule has 1 N–H and O–H groups in total. The summed E-state index contributed by atoms with van der Waals surface area (Å²) in [7, 11) is 1.32. The topological polar surface area (TPSA) is 66.8 Å². The first-order valence-electron chi connectivity index (χ1n) is 5.63. The van der Waals surface area contributed by atoms with Crippen molar-refractivity contribution in [3.05, 3.63) is 0 Å². The van der Waals surface area contributed by atoms with E-state index < -0.39 is 27.2 Å². The first kappa shape index (κ1) is 14.1. The molecule has 0 spiro atoms. The van der Waals surface area contributed by atoms with Crippen LogP contribution in [-0.2, 0) is 14.3 Å². The Bertz CT molecular complexity index is 414. The molecule has 0 aromatic rings. The van der Waals surface area contributed by atoms with Crippen LogP contribution in [0.3, 0.4) is 0 Å². The highest BCUT2D eigenvalue weighted by Gasteiger charge is 2.72. The number of alkyl halides is 1. The van der Waals surface area contributed by atoms with Gasteiger partial charge in [0.25, 0.3) is 0 Å². The minimum atomic E-state index is -0.988. The minimum Gasteiger partial charge on any atom is -0.467 e. The third-order valence-corrected chi connectivity index (χ3v) is 6.95. The van der Waals surface area contributed by atoms with Crippen LogP contribution in [-0.4, -0.2) is 55.6 Å². The maximum absolute atomic E-state index is 12.2. The molecule has 2 unspecified atom stereocenters. The van der Waals surface area contributed by atoms with Crippen molar-refractivity contribution in [2.75, 3.05) is 7.11 Å². The average Bonchev–Trinajstić information content (AvgIpc) is 2.56. The summed E-state index contributed by atoms with van der Waals surface area (Å²) in [6.07, 6.45) is -0.814. The molecule has 0 radical (unpaired) electrons. The lowest BCUT2D eigenvalue weighted by atomic mass is 9.88. The molecule has 18 heavy (non-hydrogen) atoms. The SMILES string of the molecule is COC(=O)[C@@H]1N2C(=O)C(Br)(C(C)O)[C@H]2SC1(C)C. The van der Waals surface area contributed by atoms with Gasteiger partial charge < -0.3 is 14.7 Å². The molecule has 0 aromatic heterocycles. The number of halogens is 1. The summed E-state index contributed by atoms with van der Waals surface area (Å²) in [5, 5.41) is 9.53. The van der Waals surface area contributed by atoms with E-state index in [2.05, 4.69) is 15.9 Å². The predicted octanol–water partition coefficient (Wildman–Crippen LogP) is 0.736. The second-order valence-corrected chi connectivity index (χ2v) is 8.20. The van der Waals surface area contributed by atoms with Gasteiger partial charge in [-0.25, -0.2) is 4.79 Å². The highest BCUT2D eigenvalue weighted by molar-refractivity contribution is 9.10. The molecular weight excluding hydrogens is 322 g/mol. The van der Waals surface area contributed by atoms with Crippen molar-refractivity contribution in [1.82, 2.24) is 4.90 Å². The van der Waals surface area contributed by atoms with Crippen LogP contribution in [0.2, 0.25) is 0 Å². The zero-order chi connectivity index (χ0) is 13.9. The van der Waals surface area contributed by atoms with Crippen molar-refractivity contribution in [1.29, 1.82) is 0 Å². The van der Waals surface area contributed by atoms with Gasteiger partial charge >= 0.3 is 5.97 Å². The second kappa shape index (κ2) is 4.11. The molecule has 102 valence electrons. The van der Waals surface area contributed by atoms with Crippen LogP contribution in [0.1, 0.15) is 20.8 Å².